The molecule has 0 aliphatic heterocycles. The topological polar surface area (TPSA) is 92.1 Å². The van der Waals surface area contributed by atoms with Gasteiger partial charge in [-0.2, -0.15) is 0 Å². The predicted molar refractivity (Wildman–Crippen MR) is 572 cm³/mol. The molecule has 0 unspecified atom stereocenters. The molecule has 0 atom stereocenters. The minimum absolute atomic E-state index is 0.0534. The van der Waals surface area contributed by atoms with E-state index in [-0.39, 0.29) is 23.1 Å². The number of thiophene rings is 3. The first kappa shape index (κ1) is 72.0. The monoisotopic (exact) mass is 1780 g/mol. The van der Waals surface area contributed by atoms with Crippen LogP contribution in [0.2, 0.25) is 0 Å². The van der Waals surface area contributed by atoms with Crippen molar-refractivity contribution < 1.29 is 6.85 Å². The SMILES string of the molecule is CC1(C)c2ccccc2-c2ccc(-c3nc(-c4cccc(-n5c6ccccc6c6c7sc8ccccc8c7c7ccccc7c65)c4)nc4ccccc34)cc21.[2H]c1c([2H])c([2H])c(-c2nc(-n3c4ccccc4c4c5c6ccccc6sc5c5ccccc5c43)nc3ccccc23)c([2H])c1[2H].c1ccc(-c2nc(-n3c4ccccc4c4c5c6ccccc6sc5c5ccccc5c43)nc3ccccc23)cc1. The highest BCUT2D eigenvalue weighted by Crippen LogP contribution is 2.55. The summed E-state index contributed by atoms with van der Waals surface area (Å²) in [5.41, 5.74) is 20.8. The van der Waals surface area contributed by atoms with Gasteiger partial charge >= 0.3 is 0 Å². The molecule has 0 N–H and O–H groups in total. The molecule has 135 heavy (non-hydrogen) atoms. The van der Waals surface area contributed by atoms with Gasteiger partial charge in [-0.1, -0.05) is 360 Å². The first-order chi connectivity index (χ1) is 68.8. The van der Waals surface area contributed by atoms with Crippen LogP contribution in [0.15, 0.2) is 418 Å². The quantitative estimate of drug-likeness (QED) is 0.158. The van der Waals surface area contributed by atoms with Gasteiger partial charge in [0.15, 0.2) is 5.82 Å². The molecular formula is C123H75N9S3. The van der Waals surface area contributed by atoms with E-state index >= 15 is 0 Å². The zero-order valence-corrected chi connectivity index (χ0v) is 75.1. The summed E-state index contributed by atoms with van der Waals surface area (Å²) in [6.07, 6.45) is 0. The molecule has 0 saturated carbocycles. The van der Waals surface area contributed by atoms with Crippen molar-refractivity contribution >= 4 is 225 Å². The van der Waals surface area contributed by atoms with Gasteiger partial charge in [-0.25, -0.2) is 29.9 Å². The number of hydrogen-bond donors (Lipinski definition) is 0. The Kier molecular flexibility index (Phi) is 16.1. The largest absolute Gasteiger partial charge is 0.309 e. The summed E-state index contributed by atoms with van der Waals surface area (Å²) in [6.45, 7) is 4.67. The molecule has 1 aliphatic rings. The molecule has 0 spiro atoms. The van der Waals surface area contributed by atoms with Crippen LogP contribution in [0.1, 0.15) is 31.8 Å². The molecule has 9 heterocycles. The molecule has 12 heteroatoms. The number of aromatic nitrogens is 9. The zero-order chi connectivity index (χ0) is 93.2. The maximum atomic E-state index is 8.77. The van der Waals surface area contributed by atoms with Crippen LogP contribution in [0, 0.1) is 0 Å². The number of fused-ring (bicyclic) bond motifs is 36. The minimum atomic E-state index is -0.437. The summed E-state index contributed by atoms with van der Waals surface area (Å²) in [7, 11) is 0. The van der Waals surface area contributed by atoms with E-state index in [0.29, 0.717) is 28.5 Å². The number of hydrogen-bond acceptors (Lipinski definition) is 9. The van der Waals surface area contributed by atoms with Crippen molar-refractivity contribution in [2.45, 2.75) is 19.3 Å². The molecule has 9 nitrogen and oxygen atoms in total. The summed E-state index contributed by atoms with van der Waals surface area (Å²) in [4.78, 5) is 31.3. The van der Waals surface area contributed by atoms with Gasteiger partial charge in [0, 0.05) is 169 Å². The van der Waals surface area contributed by atoms with Crippen molar-refractivity contribution in [3.8, 4) is 73.9 Å². The molecule has 0 bridgehead atoms. The normalized spacial score (nSPS) is 13.1. The molecule has 30 rings (SSSR count). The maximum Gasteiger partial charge on any atom is 0.235 e. The van der Waals surface area contributed by atoms with Crippen LogP contribution in [0.5, 0.6) is 0 Å². The highest BCUT2D eigenvalue weighted by Gasteiger charge is 2.36. The van der Waals surface area contributed by atoms with Crippen LogP contribution in [0.4, 0.5) is 0 Å². The van der Waals surface area contributed by atoms with Crippen molar-refractivity contribution in [3.63, 3.8) is 0 Å². The fourth-order valence-electron chi connectivity index (χ4n) is 21.8. The average Bonchev–Trinajstić information content (AvgIpc) is 1.54. The Morgan fingerprint density at radius 3 is 1.19 bits per heavy atom. The zero-order valence-electron chi connectivity index (χ0n) is 77.7. The average molecular weight is 1780 g/mol. The first-order valence-corrected chi connectivity index (χ1v) is 47.8. The lowest BCUT2D eigenvalue weighted by atomic mass is 9.82. The number of nitrogens with zero attached hydrogens (tertiary/aromatic N) is 9. The number of rotatable bonds is 7. The summed E-state index contributed by atoms with van der Waals surface area (Å²) >= 11 is 5.58. The highest BCUT2D eigenvalue weighted by molar-refractivity contribution is 7.28. The Bertz CT molecular complexity index is 10400. The Balaban J connectivity index is 0.000000104. The van der Waals surface area contributed by atoms with Crippen LogP contribution in [0.3, 0.4) is 0 Å². The van der Waals surface area contributed by atoms with Gasteiger partial charge in [-0.05, 0) is 100 Å². The smallest absolute Gasteiger partial charge is 0.235 e. The molecule has 20 aromatic carbocycles. The van der Waals surface area contributed by atoms with Gasteiger partial charge in [0.1, 0.15) is 0 Å². The Morgan fingerprint density at radius 1 is 0.244 bits per heavy atom. The van der Waals surface area contributed by atoms with Crippen LogP contribution >= 0.6 is 34.0 Å². The van der Waals surface area contributed by atoms with Crippen LogP contribution in [-0.2, 0) is 5.41 Å². The van der Waals surface area contributed by atoms with E-state index in [4.69, 9.17) is 36.8 Å². The van der Waals surface area contributed by atoms with E-state index in [1.165, 1.54) is 137 Å². The van der Waals surface area contributed by atoms with E-state index in [2.05, 4.69) is 367 Å². The summed E-state index contributed by atoms with van der Waals surface area (Å²) in [5.74, 6) is 1.77. The van der Waals surface area contributed by atoms with Gasteiger partial charge < -0.3 is 4.57 Å². The van der Waals surface area contributed by atoms with Crippen LogP contribution in [0.25, 0.3) is 265 Å². The highest BCUT2D eigenvalue weighted by atomic mass is 32.1. The molecule has 630 valence electrons. The van der Waals surface area contributed by atoms with E-state index in [1.54, 1.807) is 11.3 Å². The fourth-order valence-corrected chi connectivity index (χ4v) is 25.6. The third kappa shape index (κ3) is 11.7. The van der Waals surface area contributed by atoms with Gasteiger partial charge in [0.25, 0.3) is 0 Å². The molecule has 0 radical (unpaired) electrons. The standard InChI is InChI=1S/C51H33N3S.2C36H21N3S/c1-51(2)40-22-9-5-16-33(40)34-27-26-30(29-41(34)51)47-37-19-6-10-23-42(37)52-50(53-47)31-14-13-15-32(28-31)54-43-24-11-7-20-38(43)46-48(54)36-18-4-3-17-35(36)45-39-21-8-12-25-44(39)55-49(45)46;2*1-2-12-22(13-3-1)33-25-16-6-9-19-28(25)37-36(38-33)39-29-20-10-7-17-26(29)31-32-27-18-8-11-21-30(27)40-35(32)24-15-5-4-14-23(24)34(31)39/h3-29H,1-2H3;2*1-21H/i;1D,2D,3D,12D,13D;. The predicted octanol–water partition coefficient (Wildman–Crippen LogP) is 33.7. The molecular weight excluding hydrogens is 1700 g/mol. The van der Waals surface area contributed by atoms with E-state index in [1.807, 2.05) is 71.2 Å². The first-order valence-electron chi connectivity index (χ1n) is 47.9. The summed E-state index contributed by atoms with van der Waals surface area (Å²) in [6, 6.07) is 135. The number of para-hydroxylation sites is 6. The molecule has 0 saturated heterocycles. The Hall–Kier alpha value is -16.7. The second-order valence-electron chi connectivity index (χ2n) is 35.3. The van der Waals surface area contributed by atoms with Crippen LogP contribution < -0.4 is 0 Å². The third-order valence-corrected chi connectivity index (χ3v) is 31.2. The van der Waals surface area contributed by atoms with Gasteiger partial charge in [-0.3, -0.25) is 9.13 Å². The van der Waals surface area contributed by atoms with Gasteiger partial charge in [-0.15, -0.1) is 34.0 Å². The summed E-state index contributed by atoms with van der Waals surface area (Å²) in [5, 5.41) is 24.8. The third-order valence-electron chi connectivity index (χ3n) is 27.6. The molecule has 0 amide bonds. The molecule has 29 aromatic rings. The Morgan fingerprint density at radius 2 is 0.637 bits per heavy atom. The molecule has 9 aromatic heterocycles. The fraction of sp³-hybridized carbons (Fsp3) is 0.0244. The maximum absolute atomic E-state index is 8.77. The van der Waals surface area contributed by atoms with E-state index in [0.717, 1.165) is 105 Å². The lowest BCUT2D eigenvalue weighted by molar-refractivity contribution is 0.660. The van der Waals surface area contributed by atoms with E-state index < -0.39 is 18.1 Å². The minimum Gasteiger partial charge on any atom is -0.309 e. The molecule has 0 fully saturated rings. The number of benzene rings is 20. The van der Waals surface area contributed by atoms with Crippen molar-refractivity contribution in [1.82, 2.24) is 43.6 Å². The summed E-state index contributed by atoms with van der Waals surface area (Å²) < 4.78 is 57.0. The van der Waals surface area contributed by atoms with Crippen LogP contribution in [-0.4, -0.2) is 43.6 Å². The lowest BCUT2D eigenvalue weighted by Crippen LogP contribution is -2.15. The van der Waals surface area contributed by atoms with Gasteiger partial charge in [0.05, 0.1) is 73.6 Å². The van der Waals surface area contributed by atoms with Crippen molar-refractivity contribution in [2.24, 2.45) is 0 Å². The second kappa shape index (κ2) is 30.2. The second-order valence-corrected chi connectivity index (χ2v) is 38.5. The lowest BCUT2D eigenvalue weighted by Gasteiger charge is -2.22. The Labute approximate surface area is 792 Å². The van der Waals surface area contributed by atoms with Crippen molar-refractivity contribution in [1.29, 1.82) is 0 Å². The molecule has 1 aliphatic carbocycles. The van der Waals surface area contributed by atoms with E-state index in [9.17, 15) is 0 Å². The van der Waals surface area contributed by atoms with Crippen molar-refractivity contribution in [2.75, 3.05) is 0 Å². The van der Waals surface area contributed by atoms with Gasteiger partial charge in [0.2, 0.25) is 11.9 Å². The van der Waals surface area contributed by atoms with Crippen molar-refractivity contribution in [3.05, 3.63) is 430 Å².